The SMILES string of the molecule is Cc1ccc(SC(C)C(=O)NCc2cccc(OC(C)C)c2)cc1. The molecule has 3 nitrogen and oxygen atoms in total. The molecule has 2 aromatic carbocycles. The van der Waals surface area contributed by atoms with E-state index >= 15 is 0 Å². The van der Waals surface area contributed by atoms with Crippen LogP contribution in [-0.4, -0.2) is 17.3 Å². The van der Waals surface area contributed by atoms with Crippen molar-refractivity contribution >= 4 is 17.7 Å². The first-order valence-corrected chi connectivity index (χ1v) is 9.08. The van der Waals surface area contributed by atoms with Crippen LogP contribution in [0, 0.1) is 6.92 Å². The van der Waals surface area contributed by atoms with Crippen LogP contribution in [0.25, 0.3) is 0 Å². The van der Waals surface area contributed by atoms with E-state index in [0.717, 1.165) is 16.2 Å². The Kier molecular flexibility index (Phi) is 6.73. The lowest BCUT2D eigenvalue weighted by Gasteiger charge is -2.14. The Morgan fingerprint density at radius 1 is 1.12 bits per heavy atom. The molecule has 24 heavy (non-hydrogen) atoms. The Hall–Kier alpha value is -1.94. The van der Waals surface area contributed by atoms with E-state index in [1.165, 1.54) is 5.56 Å². The van der Waals surface area contributed by atoms with Crippen LogP contribution in [0.4, 0.5) is 0 Å². The molecule has 0 fully saturated rings. The van der Waals surface area contributed by atoms with Gasteiger partial charge in [-0.25, -0.2) is 0 Å². The van der Waals surface area contributed by atoms with Gasteiger partial charge in [-0.05, 0) is 57.5 Å². The van der Waals surface area contributed by atoms with Gasteiger partial charge in [0.25, 0.3) is 0 Å². The molecule has 0 saturated heterocycles. The van der Waals surface area contributed by atoms with Gasteiger partial charge in [0.1, 0.15) is 5.75 Å². The Bertz CT molecular complexity index is 668. The smallest absolute Gasteiger partial charge is 0.233 e. The molecule has 1 atom stereocenters. The van der Waals surface area contributed by atoms with Crippen molar-refractivity contribution in [1.82, 2.24) is 5.32 Å². The highest BCUT2D eigenvalue weighted by Gasteiger charge is 2.14. The highest BCUT2D eigenvalue weighted by atomic mass is 32.2. The van der Waals surface area contributed by atoms with Crippen LogP contribution < -0.4 is 10.1 Å². The molecule has 1 unspecified atom stereocenters. The van der Waals surface area contributed by atoms with E-state index in [0.29, 0.717) is 6.54 Å². The quantitative estimate of drug-likeness (QED) is 0.748. The molecule has 0 saturated carbocycles. The first kappa shape index (κ1) is 18.4. The minimum absolute atomic E-state index is 0.0377. The van der Waals surface area contributed by atoms with E-state index in [1.807, 2.05) is 45.0 Å². The Morgan fingerprint density at radius 2 is 1.83 bits per heavy atom. The topological polar surface area (TPSA) is 38.3 Å². The predicted molar refractivity (Wildman–Crippen MR) is 101 cm³/mol. The number of ether oxygens (including phenoxy) is 1. The van der Waals surface area contributed by atoms with Crippen molar-refractivity contribution in [2.24, 2.45) is 0 Å². The maximum Gasteiger partial charge on any atom is 0.233 e. The third kappa shape index (κ3) is 5.93. The zero-order chi connectivity index (χ0) is 17.5. The van der Waals surface area contributed by atoms with Crippen molar-refractivity contribution < 1.29 is 9.53 Å². The summed E-state index contributed by atoms with van der Waals surface area (Å²) < 4.78 is 5.68. The molecule has 2 rings (SSSR count). The Labute approximate surface area is 148 Å². The summed E-state index contributed by atoms with van der Waals surface area (Å²) in [5, 5.41) is 2.86. The number of nitrogens with one attached hydrogen (secondary N) is 1. The molecular weight excluding hydrogens is 318 g/mol. The first-order valence-electron chi connectivity index (χ1n) is 8.20. The average molecular weight is 343 g/mol. The number of amides is 1. The summed E-state index contributed by atoms with van der Waals surface area (Å²) >= 11 is 1.57. The summed E-state index contributed by atoms with van der Waals surface area (Å²) in [6.07, 6.45) is 0.140. The van der Waals surface area contributed by atoms with Crippen LogP contribution in [0.1, 0.15) is 31.9 Å². The van der Waals surface area contributed by atoms with Crippen LogP contribution in [0.5, 0.6) is 5.75 Å². The van der Waals surface area contributed by atoms with Crippen molar-refractivity contribution in [2.45, 2.75) is 50.5 Å². The van der Waals surface area contributed by atoms with Gasteiger partial charge in [0.2, 0.25) is 5.91 Å². The van der Waals surface area contributed by atoms with Gasteiger partial charge in [-0.3, -0.25) is 4.79 Å². The van der Waals surface area contributed by atoms with Gasteiger partial charge in [-0.1, -0.05) is 29.8 Å². The largest absolute Gasteiger partial charge is 0.491 e. The number of carbonyl (C=O) groups is 1. The second-order valence-corrected chi connectivity index (χ2v) is 7.52. The average Bonchev–Trinajstić information content (AvgIpc) is 2.54. The Balaban J connectivity index is 1.86. The lowest BCUT2D eigenvalue weighted by molar-refractivity contribution is -0.120. The highest BCUT2D eigenvalue weighted by Crippen LogP contribution is 2.23. The molecule has 2 aromatic rings. The third-order valence-electron chi connectivity index (χ3n) is 3.44. The molecule has 0 aromatic heterocycles. The van der Waals surface area contributed by atoms with Crippen molar-refractivity contribution in [2.75, 3.05) is 0 Å². The molecule has 1 amide bonds. The van der Waals surface area contributed by atoms with Gasteiger partial charge in [0, 0.05) is 11.4 Å². The standard InChI is InChI=1S/C20H25NO2S/c1-14(2)23-18-7-5-6-17(12-18)13-21-20(22)16(4)24-19-10-8-15(3)9-11-19/h5-12,14,16H,13H2,1-4H3,(H,21,22). The number of thioether (sulfide) groups is 1. The maximum atomic E-state index is 12.3. The van der Waals surface area contributed by atoms with Gasteiger partial charge in [0.15, 0.2) is 0 Å². The van der Waals surface area contributed by atoms with Crippen LogP contribution in [-0.2, 0) is 11.3 Å². The molecular formula is C20H25NO2S. The minimum Gasteiger partial charge on any atom is -0.491 e. The lowest BCUT2D eigenvalue weighted by Crippen LogP contribution is -2.30. The van der Waals surface area contributed by atoms with Gasteiger partial charge < -0.3 is 10.1 Å². The van der Waals surface area contributed by atoms with Gasteiger partial charge in [-0.2, -0.15) is 0 Å². The molecule has 0 aliphatic heterocycles. The molecule has 0 spiro atoms. The number of carbonyl (C=O) groups excluding carboxylic acids is 1. The fourth-order valence-electron chi connectivity index (χ4n) is 2.21. The van der Waals surface area contributed by atoms with Crippen molar-refractivity contribution in [3.05, 3.63) is 59.7 Å². The molecule has 0 aliphatic rings. The van der Waals surface area contributed by atoms with E-state index in [-0.39, 0.29) is 17.3 Å². The molecule has 0 radical (unpaired) electrons. The summed E-state index contributed by atoms with van der Waals surface area (Å²) in [6.45, 7) is 8.49. The van der Waals surface area contributed by atoms with Crippen LogP contribution in [0.15, 0.2) is 53.4 Å². The van der Waals surface area contributed by atoms with E-state index < -0.39 is 0 Å². The molecule has 4 heteroatoms. The lowest BCUT2D eigenvalue weighted by atomic mass is 10.2. The normalized spacial score (nSPS) is 12.0. The zero-order valence-electron chi connectivity index (χ0n) is 14.7. The number of hydrogen-bond acceptors (Lipinski definition) is 3. The Morgan fingerprint density at radius 3 is 2.50 bits per heavy atom. The van der Waals surface area contributed by atoms with Crippen molar-refractivity contribution in [1.29, 1.82) is 0 Å². The fraction of sp³-hybridized carbons (Fsp3) is 0.350. The summed E-state index contributed by atoms with van der Waals surface area (Å²) in [5.74, 6) is 0.870. The van der Waals surface area contributed by atoms with Crippen LogP contribution >= 0.6 is 11.8 Å². The number of aryl methyl sites for hydroxylation is 1. The second-order valence-electron chi connectivity index (χ2n) is 6.10. The van der Waals surface area contributed by atoms with Gasteiger partial charge in [-0.15, -0.1) is 11.8 Å². The third-order valence-corrected chi connectivity index (χ3v) is 4.55. The summed E-state index contributed by atoms with van der Waals surface area (Å²) in [7, 11) is 0. The van der Waals surface area contributed by atoms with E-state index in [4.69, 9.17) is 4.74 Å². The number of hydrogen-bond donors (Lipinski definition) is 1. The summed E-state index contributed by atoms with van der Waals surface area (Å²) in [5.41, 5.74) is 2.26. The first-order chi connectivity index (χ1) is 11.4. The van der Waals surface area contributed by atoms with Crippen LogP contribution in [0.2, 0.25) is 0 Å². The van der Waals surface area contributed by atoms with E-state index in [2.05, 4.69) is 36.5 Å². The van der Waals surface area contributed by atoms with E-state index in [9.17, 15) is 4.79 Å². The molecule has 0 bridgehead atoms. The summed E-state index contributed by atoms with van der Waals surface area (Å²) in [6, 6.07) is 16.1. The predicted octanol–water partition coefficient (Wildman–Crippen LogP) is 4.58. The number of benzene rings is 2. The molecule has 0 aliphatic carbocycles. The second kappa shape index (κ2) is 8.78. The minimum atomic E-state index is -0.136. The van der Waals surface area contributed by atoms with Gasteiger partial charge >= 0.3 is 0 Å². The highest BCUT2D eigenvalue weighted by molar-refractivity contribution is 8.00. The van der Waals surface area contributed by atoms with E-state index in [1.54, 1.807) is 11.8 Å². The maximum absolute atomic E-state index is 12.3. The fourth-order valence-corrected chi connectivity index (χ4v) is 3.10. The summed E-state index contributed by atoms with van der Waals surface area (Å²) in [4.78, 5) is 13.4. The van der Waals surface area contributed by atoms with Gasteiger partial charge in [0.05, 0.1) is 11.4 Å². The monoisotopic (exact) mass is 343 g/mol. The molecule has 0 heterocycles. The number of rotatable bonds is 7. The molecule has 1 N–H and O–H groups in total. The zero-order valence-corrected chi connectivity index (χ0v) is 15.5. The molecule has 128 valence electrons. The van der Waals surface area contributed by atoms with Crippen molar-refractivity contribution in [3.63, 3.8) is 0 Å². The van der Waals surface area contributed by atoms with Crippen LogP contribution in [0.3, 0.4) is 0 Å². The van der Waals surface area contributed by atoms with Crippen molar-refractivity contribution in [3.8, 4) is 5.75 Å².